The molecule has 2 aliphatic heterocycles. The van der Waals surface area contributed by atoms with E-state index < -0.39 is 0 Å². The maximum absolute atomic E-state index is 6.12. The predicted molar refractivity (Wildman–Crippen MR) is 87.4 cm³/mol. The van der Waals surface area contributed by atoms with Gasteiger partial charge in [-0.2, -0.15) is 0 Å². The van der Waals surface area contributed by atoms with Crippen molar-refractivity contribution in [3.05, 3.63) is 35.9 Å². The highest BCUT2D eigenvalue weighted by Gasteiger charge is 2.47. The fourth-order valence-electron chi connectivity index (χ4n) is 4.40. The standard InChI is InChI=1S/C19H29NO/c1-3-18(2)15-19(10-12-21-18)9-11-20-14-17(19)13-16-7-5-4-6-8-16/h4-8,17,20H,3,9-15H2,1-2H3. The van der Waals surface area contributed by atoms with Crippen LogP contribution in [0.4, 0.5) is 0 Å². The van der Waals surface area contributed by atoms with Gasteiger partial charge in [0.15, 0.2) is 0 Å². The first-order valence-electron chi connectivity index (χ1n) is 8.54. The highest BCUT2D eigenvalue weighted by Crippen LogP contribution is 2.49. The lowest BCUT2D eigenvalue weighted by Crippen LogP contribution is -2.53. The third kappa shape index (κ3) is 3.17. The topological polar surface area (TPSA) is 21.3 Å². The molecule has 2 heterocycles. The fourth-order valence-corrected chi connectivity index (χ4v) is 4.40. The second-order valence-electron chi connectivity index (χ2n) is 7.28. The van der Waals surface area contributed by atoms with E-state index in [-0.39, 0.29) is 5.60 Å². The Kier molecular flexibility index (Phi) is 4.37. The van der Waals surface area contributed by atoms with E-state index in [9.17, 15) is 0 Å². The van der Waals surface area contributed by atoms with Crippen LogP contribution >= 0.6 is 0 Å². The van der Waals surface area contributed by atoms with Crippen LogP contribution in [-0.4, -0.2) is 25.3 Å². The summed E-state index contributed by atoms with van der Waals surface area (Å²) in [6.45, 7) is 7.86. The second-order valence-corrected chi connectivity index (χ2v) is 7.28. The maximum atomic E-state index is 6.12. The minimum atomic E-state index is 0.0878. The van der Waals surface area contributed by atoms with E-state index in [2.05, 4.69) is 49.5 Å². The second kappa shape index (κ2) is 6.10. The van der Waals surface area contributed by atoms with Gasteiger partial charge in [0, 0.05) is 6.61 Å². The molecule has 3 rings (SSSR count). The van der Waals surface area contributed by atoms with Crippen molar-refractivity contribution in [2.75, 3.05) is 19.7 Å². The highest BCUT2D eigenvalue weighted by molar-refractivity contribution is 5.17. The molecule has 1 spiro atoms. The number of rotatable bonds is 3. The Labute approximate surface area is 129 Å². The molecule has 0 radical (unpaired) electrons. The zero-order chi connectivity index (χ0) is 14.8. The fraction of sp³-hybridized carbons (Fsp3) is 0.684. The summed E-state index contributed by atoms with van der Waals surface area (Å²) in [5.41, 5.74) is 2.05. The van der Waals surface area contributed by atoms with Gasteiger partial charge in [0.05, 0.1) is 5.60 Å². The lowest BCUT2D eigenvalue weighted by atomic mass is 9.60. The van der Waals surface area contributed by atoms with Crippen molar-refractivity contribution in [1.29, 1.82) is 0 Å². The molecule has 1 aromatic carbocycles. The first-order valence-corrected chi connectivity index (χ1v) is 8.54. The number of nitrogens with one attached hydrogen (secondary N) is 1. The maximum Gasteiger partial charge on any atom is 0.0657 e. The van der Waals surface area contributed by atoms with Gasteiger partial charge in [0.1, 0.15) is 0 Å². The van der Waals surface area contributed by atoms with E-state index >= 15 is 0 Å². The Morgan fingerprint density at radius 2 is 2.05 bits per heavy atom. The van der Waals surface area contributed by atoms with Gasteiger partial charge in [-0.3, -0.25) is 0 Å². The Morgan fingerprint density at radius 3 is 2.81 bits per heavy atom. The molecule has 3 unspecified atom stereocenters. The minimum absolute atomic E-state index is 0.0878. The van der Waals surface area contributed by atoms with Crippen molar-refractivity contribution < 1.29 is 4.74 Å². The third-order valence-corrected chi connectivity index (χ3v) is 5.91. The highest BCUT2D eigenvalue weighted by atomic mass is 16.5. The zero-order valence-corrected chi connectivity index (χ0v) is 13.5. The largest absolute Gasteiger partial charge is 0.375 e. The van der Waals surface area contributed by atoms with Crippen molar-refractivity contribution in [2.24, 2.45) is 11.3 Å². The summed E-state index contributed by atoms with van der Waals surface area (Å²) >= 11 is 0. The quantitative estimate of drug-likeness (QED) is 0.913. The number of hydrogen-bond donors (Lipinski definition) is 1. The SMILES string of the molecule is CCC1(C)CC2(CCNCC2Cc2ccccc2)CCO1. The van der Waals surface area contributed by atoms with Crippen molar-refractivity contribution >= 4 is 0 Å². The smallest absolute Gasteiger partial charge is 0.0657 e. The molecule has 2 fully saturated rings. The van der Waals surface area contributed by atoms with E-state index in [4.69, 9.17) is 4.74 Å². The molecule has 0 amide bonds. The van der Waals surface area contributed by atoms with Crippen LogP contribution in [-0.2, 0) is 11.2 Å². The first-order chi connectivity index (χ1) is 10.2. The minimum Gasteiger partial charge on any atom is -0.375 e. The van der Waals surface area contributed by atoms with Gasteiger partial charge < -0.3 is 10.1 Å². The summed E-state index contributed by atoms with van der Waals surface area (Å²) in [6, 6.07) is 11.0. The molecule has 0 saturated carbocycles. The van der Waals surface area contributed by atoms with Crippen LogP contribution in [0.15, 0.2) is 30.3 Å². The molecule has 2 saturated heterocycles. The first kappa shape index (κ1) is 15.1. The Balaban J connectivity index is 1.80. The molecular weight excluding hydrogens is 258 g/mol. The molecule has 0 aliphatic carbocycles. The van der Waals surface area contributed by atoms with Crippen molar-refractivity contribution in [1.82, 2.24) is 5.32 Å². The van der Waals surface area contributed by atoms with Gasteiger partial charge in [0.2, 0.25) is 0 Å². The molecule has 1 N–H and O–H groups in total. The molecule has 1 aromatic rings. The van der Waals surface area contributed by atoms with Crippen LogP contribution in [0.3, 0.4) is 0 Å². The van der Waals surface area contributed by atoms with E-state index in [1.54, 1.807) is 0 Å². The van der Waals surface area contributed by atoms with Crippen LogP contribution in [0.25, 0.3) is 0 Å². The molecule has 3 atom stereocenters. The molecule has 21 heavy (non-hydrogen) atoms. The van der Waals surface area contributed by atoms with Gasteiger partial charge in [-0.25, -0.2) is 0 Å². The van der Waals surface area contributed by atoms with Crippen LogP contribution in [0.2, 0.25) is 0 Å². The summed E-state index contributed by atoms with van der Waals surface area (Å²) in [4.78, 5) is 0. The van der Waals surface area contributed by atoms with Crippen LogP contribution in [0.1, 0.15) is 45.1 Å². The number of piperidine rings is 1. The van der Waals surface area contributed by atoms with Gasteiger partial charge in [-0.05, 0) is 69.0 Å². The molecule has 0 aromatic heterocycles. The number of ether oxygens (including phenoxy) is 1. The van der Waals surface area contributed by atoms with Crippen LogP contribution in [0, 0.1) is 11.3 Å². The van der Waals surface area contributed by atoms with E-state index in [1.165, 1.54) is 37.8 Å². The number of hydrogen-bond acceptors (Lipinski definition) is 2. The van der Waals surface area contributed by atoms with Crippen LogP contribution < -0.4 is 5.32 Å². The lowest BCUT2D eigenvalue weighted by molar-refractivity contribution is -0.140. The van der Waals surface area contributed by atoms with Crippen molar-refractivity contribution in [2.45, 2.75) is 51.6 Å². The van der Waals surface area contributed by atoms with E-state index in [0.29, 0.717) is 5.41 Å². The molecule has 0 bridgehead atoms. The van der Waals surface area contributed by atoms with Crippen LogP contribution in [0.5, 0.6) is 0 Å². The van der Waals surface area contributed by atoms with E-state index in [1.807, 2.05) is 0 Å². The summed E-state index contributed by atoms with van der Waals surface area (Å²) in [7, 11) is 0. The Bertz CT molecular complexity index is 456. The van der Waals surface area contributed by atoms with Gasteiger partial charge in [-0.15, -0.1) is 0 Å². The summed E-state index contributed by atoms with van der Waals surface area (Å²) in [5.74, 6) is 0.739. The summed E-state index contributed by atoms with van der Waals surface area (Å²) < 4.78 is 6.12. The predicted octanol–water partition coefficient (Wildman–Crippen LogP) is 3.80. The zero-order valence-electron chi connectivity index (χ0n) is 13.5. The van der Waals surface area contributed by atoms with E-state index in [0.717, 1.165) is 25.5 Å². The number of benzene rings is 1. The third-order valence-electron chi connectivity index (χ3n) is 5.91. The average molecular weight is 287 g/mol. The van der Waals surface area contributed by atoms with Crippen molar-refractivity contribution in [3.63, 3.8) is 0 Å². The average Bonchev–Trinajstić information content (AvgIpc) is 2.51. The van der Waals surface area contributed by atoms with Gasteiger partial charge >= 0.3 is 0 Å². The van der Waals surface area contributed by atoms with Crippen molar-refractivity contribution in [3.8, 4) is 0 Å². The normalized spacial score (nSPS) is 36.8. The lowest BCUT2D eigenvalue weighted by Gasteiger charge is -2.52. The summed E-state index contributed by atoms with van der Waals surface area (Å²) in [6.07, 6.45) is 6.11. The molecule has 2 aliphatic rings. The van der Waals surface area contributed by atoms with Gasteiger partial charge in [0.25, 0.3) is 0 Å². The van der Waals surface area contributed by atoms with Gasteiger partial charge in [-0.1, -0.05) is 37.3 Å². The Morgan fingerprint density at radius 1 is 1.24 bits per heavy atom. The molecule has 2 nitrogen and oxygen atoms in total. The summed E-state index contributed by atoms with van der Waals surface area (Å²) in [5, 5.41) is 3.63. The monoisotopic (exact) mass is 287 g/mol. The molecule has 2 heteroatoms. The molecular formula is C19H29NO. The molecule has 116 valence electrons. The Hall–Kier alpha value is -0.860.